The van der Waals surface area contributed by atoms with Crippen molar-refractivity contribution in [1.82, 2.24) is 5.32 Å². The molecule has 0 heterocycles. The van der Waals surface area contributed by atoms with E-state index in [0.29, 0.717) is 6.61 Å². The van der Waals surface area contributed by atoms with Gasteiger partial charge in [-0.15, -0.1) is 0 Å². The van der Waals surface area contributed by atoms with Crippen LogP contribution in [0.5, 0.6) is 0 Å². The number of hydrogen-bond acceptors (Lipinski definition) is 2. The Morgan fingerprint density at radius 2 is 1.09 bits per heavy atom. The SMILES string of the molecule is CCCCCCCCCCCCCCCCNC(=O)OCCC. The highest BCUT2D eigenvalue weighted by atomic mass is 16.5. The molecule has 138 valence electrons. The molecule has 1 amide bonds. The van der Waals surface area contributed by atoms with Crippen LogP contribution in [0, 0.1) is 0 Å². The largest absolute Gasteiger partial charge is 0.450 e. The molecule has 3 heteroatoms. The summed E-state index contributed by atoms with van der Waals surface area (Å²) in [5.41, 5.74) is 0. The molecule has 0 spiro atoms. The van der Waals surface area contributed by atoms with Gasteiger partial charge in [-0.2, -0.15) is 0 Å². The van der Waals surface area contributed by atoms with Gasteiger partial charge in [-0.05, 0) is 12.8 Å². The van der Waals surface area contributed by atoms with E-state index in [4.69, 9.17) is 4.74 Å². The molecule has 0 unspecified atom stereocenters. The molecule has 0 aliphatic carbocycles. The molecule has 0 atom stereocenters. The maximum absolute atomic E-state index is 11.2. The molecule has 23 heavy (non-hydrogen) atoms. The number of carbonyl (C=O) groups excluding carboxylic acids is 1. The third kappa shape index (κ3) is 19.2. The van der Waals surface area contributed by atoms with Gasteiger partial charge in [-0.1, -0.05) is 97.3 Å². The number of unbranched alkanes of at least 4 members (excludes halogenated alkanes) is 13. The summed E-state index contributed by atoms with van der Waals surface area (Å²) < 4.78 is 4.96. The second kappa shape index (κ2) is 19.3. The maximum Gasteiger partial charge on any atom is 0.407 e. The number of amides is 1. The molecule has 0 aromatic heterocycles. The Balaban J connectivity index is 3.04. The van der Waals surface area contributed by atoms with Crippen LogP contribution in [-0.2, 0) is 4.74 Å². The lowest BCUT2D eigenvalue weighted by Crippen LogP contribution is -2.25. The van der Waals surface area contributed by atoms with E-state index in [2.05, 4.69) is 12.2 Å². The first-order valence-corrected chi connectivity index (χ1v) is 10.2. The predicted octanol–water partition coefficient (Wildman–Crippen LogP) is 6.60. The monoisotopic (exact) mass is 327 g/mol. The van der Waals surface area contributed by atoms with E-state index in [9.17, 15) is 4.79 Å². The van der Waals surface area contributed by atoms with Crippen LogP contribution >= 0.6 is 0 Å². The van der Waals surface area contributed by atoms with Gasteiger partial charge in [0.25, 0.3) is 0 Å². The van der Waals surface area contributed by atoms with Gasteiger partial charge in [0.2, 0.25) is 0 Å². The number of rotatable bonds is 17. The minimum absolute atomic E-state index is 0.262. The van der Waals surface area contributed by atoms with Crippen molar-refractivity contribution in [2.24, 2.45) is 0 Å². The third-order valence-electron chi connectivity index (χ3n) is 4.24. The molecular weight excluding hydrogens is 286 g/mol. The highest BCUT2D eigenvalue weighted by Crippen LogP contribution is 2.12. The quantitative estimate of drug-likeness (QED) is 0.305. The molecule has 0 saturated carbocycles. The van der Waals surface area contributed by atoms with Crippen LogP contribution < -0.4 is 5.32 Å². The van der Waals surface area contributed by atoms with E-state index < -0.39 is 0 Å². The molecule has 0 saturated heterocycles. The molecule has 3 nitrogen and oxygen atoms in total. The number of carbonyl (C=O) groups is 1. The average Bonchev–Trinajstić information content (AvgIpc) is 2.56. The van der Waals surface area contributed by atoms with Crippen LogP contribution in [0.25, 0.3) is 0 Å². The zero-order valence-electron chi connectivity index (χ0n) is 15.8. The normalized spacial score (nSPS) is 10.7. The Hall–Kier alpha value is -0.730. The van der Waals surface area contributed by atoms with E-state index in [1.54, 1.807) is 0 Å². The summed E-state index contributed by atoms with van der Waals surface area (Å²) in [4.78, 5) is 11.2. The Morgan fingerprint density at radius 1 is 0.652 bits per heavy atom. The minimum atomic E-state index is -0.262. The summed E-state index contributed by atoms with van der Waals surface area (Å²) in [5.74, 6) is 0. The van der Waals surface area contributed by atoms with Gasteiger partial charge in [0.05, 0.1) is 6.61 Å². The van der Waals surface area contributed by atoms with Crippen molar-refractivity contribution in [3.05, 3.63) is 0 Å². The van der Waals surface area contributed by atoms with E-state index in [1.807, 2.05) is 6.92 Å². The zero-order valence-corrected chi connectivity index (χ0v) is 15.8. The first-order valence-electron chi connectivity index (χ1n) is 10.2. The predicted molar refractivity (Wildman–Crippen MR) is 100.0 cm³/mol. The molecular formula is C20H41NO2. The smallest absolute Gasteiger partial charge is 0.407 e. The standard InChI is InChI=1S/C20H41NO2/c1-3-5-6-7-8-9-10-11-12-13-14-15-16-17-18-21-20(22)23-19-4-2/h3-19H2,1-2H3,(H,21,22). The third-order valence-corrected chi connectivity index (χ3v) is 4.24. The van der Waals surface area contributed by atoms with Gasteiger partial charge in [0, 0.05) is 6.54 Å². The van der Waals surface area contributed by atoms with Gasteiger partial charge >= 0.3 is 6.09 Å². The average molecular weight is 328 g/mol. The first-order chi connectivity index (χ1) is 11.3. The summed E-state index contributed by atoms with van der Waals surface area (Å²) >= 11 is 0. The van der Waals surface area contributed by atoms with Gasteiger partial charge in [0.15, 0.2) is 0 Å². The zero-order chi connectivity index (χ0) is 17.0. The van der Waals surface area contributed by atoms with Gasteiger partial charge < -0.3 is 10.1 Å². The fourth-order valence-electron chi connectivity index (χ4n) is 2.76. The highest BCUT2D eigenvalue weighted by molar-refractivity contribution is 5.66. The Kier molecular flexibility index (Phi) is 18.7. The molecule has 0 aliphatic heterocycles. The molecule has 1 N–H and O–H groups in total. The van der Waals surface area contributed by atoms with E-state index in [-0.39, 0.29) is 6.09 Å². The van der Waals surface area contributed by atoms with Crippen molar-refractivity contribution in [3.8, 4) is 0 Å². The highest BCUT2D eigenvalue weighted by Gasteiger charge is 1.99. The number of ether oxygens (including phenoxy) is 1. The summed E-state index contributed by atoms with van der Waals surface area (Å²) in [7, 11) is 0. The van der Waals surface area contributed by atoms with E-state index in [0.717, 1.165) is 19.4 Å². The van der Waals surface area contributed by atoms with Crippen molar-refractivity contribution in [2.45, 2.75) is 110 Å². The molecule has 0 aromatic carbocycles. The lowest BCUT2D eigenvalue weighted by molar-refractivity contribution is 0.146. The van der Waals surface area contributed by atoms with E-state index in [1.165, 1.54) is 83.5 Å². The molecule has 0 bridgehead atoms. The Morgan fingerprint density at radius 3 is 1.52 bits per heavy atom. The van der Waals surface area contributed by atoms with Crippen molar-refractivity contribution in [2.75, 3.05) is 13.2 Å². The molecule has 0 radical (unpaired) electrons. The fourth-order valence-corrected chi connectivity index (χ4v) is 2.76. The fraction of sp³-hybridized carbons (Fsp3) is 0.950. The summed E-state index contributed by atoms with van der Waals surface area (Å²) in [6, 6.07) is 0. The summed E-state index contributed by atoms with van der Waals surface area (Å²) in [5, 5.41) is 2.80. The van der Waals surface area contributed by atoms with Crippen LogP contribution in [0.15, 0.2) is 0 Å². The molecule has 0 fully saturated rings. The number of nitrogens with one attached hydrogen (secondary N) is 1. The van der Waals surface area contributed by atoms with Crippen molar-refractivity contribution in [3.63, 3.8) is 0 Å². The van der Waals surface area contributed by atoms with Crippen molar-refractivity contribution in [1.29, 1.82) is 0 Å². The van der Waals surface area contributed by atoms with Crippen LogP contribution in [0.1, 0.15) is 110 Å². The lowest BCUT2D eigenvalue weighted by atomic mass is 10.0. The van der Waals surface area contributed by atoms with Crippen molar-refractivity contribution >= 4 is 6.09 Å². The Labute approximate surface area is 144 Å². The molecule has 0 aromatic rings. The van der Waals surface area contributed by atoms with Crippen molar-refractivity contribution < 1.29 is 9.53 Å². The van der Waals surface area contributed by atoms with E-state index >= 15 is 0 Å². The van der Waals surface area contributed by atoms with Gasteiger partial charge in [-0.25, -0.2) is 4.79 Å². The number of alkyl carbamates (subject to hydrolysis) is 1. The van der Waals surface area contributed by atoms with Crippen LogP contribution in [-0.4, -0.2) is 19.2 Å². The van der Waals surface area contributed by atoms with Crippen LogP contribution in [0.4, 0.5) is 4.79 Å². The summed E-state index contributed by atoms with van der Waals surface area (Å²) in [6.45, 7) is 5.55. The topological polar surface area (TPSA) is 38.3 Å². The number of hydrogen-bond donors (Lipinski definition) is 1. The second-order valence-electron chi connectivity index (χ2n) is 6.66. The first kappa shape index (κ1) is 22.3. The molecule has 0 aliphatic rings. The summed E-state index contributed by atoms with van der Waals surface area (Å²) in [6.07, 6.45) is 19.7. The lowest BCUT2D eigenvalue weighted by Gasteiger charge is -2.06. The molecule has 0 rings (SSSR count). The van der Waals surface area contributed by atoms with Gasteiger partial charge in [0.1, 0.15) is 0 Å². The second-order valence-corrected chi connectivity index (χ2v) is 6.66. The van der Waals surface area contributed by atoms with Crippen LogP contribution in [0.2, 0.25) is 0 Å². The Bertz CT molecular complexity index is 244. The van der Waals surface area contributed by atoms with Crippen LogP contribution in [0.3, 0.4) is 0 Å². The maximum atomic E-state index is 11.2. The van der Waals surface area contributed by atoms with Gasteiger partial charge in [-0.3, -0.25) is 0 Å². The minimum Gasteiger partial charge on any atom is -0.450 e.